The van der Waals surface area contributed by atoms with Crippen LogP contribution in [0.25, 0.3) is 0 Å². The number of fused-ring (bicyclic) bond motifs is 1. The van der Waals surface area contributed by atoms with Crippen molar-refractivity contribution in [3.05, 3.63) is 48.0 Å². The van der Waals surface area contributed by atoms with E-state index >= 15 is 0 Å². The van der Waals surface area contributed by atoms with Crippen LogP contribution in [0.4, 0.5) is 0 Å². The van der Waals surface area contributed by atoms with Crippen LogP contribution in [0.15, 0.2) is 36.9 Å². The summed E-state index contributed by atoms with van der Waals surface area (Å²) in [6.45, 7) is 0.308. The number of aryl methyl sites for hydroxylation is 1. The summed E-state index contributed by atoms with van der Waals surface area (Å²) in [6.07, 6.45) is 8.22. The molecule has 0 bridgehead atoms. The molecule has 1 atom stereocenters. The number of aromatic nitrogens is 2. The summed E-state index contributed by atoms with van der Waals surface area (Å²) in [6, 6.07) is 6.19. The number of carbonyl (C=O) groups is 1. The number of imidazole rings is 1. The summed E-state index contributed by atoms with van der Waals surface area (Å²) in [7, 11) is 1.68. The van der Waals surface area contributed by atoms with Crippen LogP contribution in [0.1, 0.15) is 30.0 Å². The first-order valence-electron chi connectivity index (χ1n) is 7.18. The molecule has 1 aromatic carbocycles. The molecule has 5 heteroatoms. The quantitative estimate of drug-likeness (QED) is 0.935. The number of methoxy groups -OCH3 is 1. The van der Waals surface area contributed by atoms with E-state index in [-0.39, 0.29) is 11.9 Å². The highest BCUT2D eigenvalue weighted by Gasteiger charge is 2.22. The van der Waals surface area contributed by atoms with E-state index in [0.717, 1.165) is 25.0 Å². The van der Waals surface area contributed by atoms with E-state index in [2.05, 4.69) is 22.4 Å². The third-order valence-corrected chi connectivity index (χ3v) is 3.89. The van der Waals surface area contributed by atoms with Crippen molar-refractivity contribution in [1.82, 2.24) is 14.9 Å². The van der Waals surface area contributed by atoms with Crippen molar-refractivity contribution < 1.29 is 9.53 Å². The summed E-state index contributed by atoms with van der Waals surface area (Å²) in [5, 5.41) is 3.12. The van der Waals surface area contributed by atoms with E-state index in [1.807, 2.05) is 6.07 Å². The number of rotatable bonds is 4. The number of ether oxygens (including phenoxy) is 1. The molecular formula is C16H19N3O2. The minimum Gasteiger partial charge on any atom is -0.497 e. The summed E-state index contributed by atoms with van der Waals surface area (Å²) < 4.78 is 7.04. The van der Waals surface area contributed by atoms with E-state index in [4.69, 9.17) is 4.74 Å². The van der Waals surface area contributed by atoms with Crippen molar-refractivity contribution in [3.63, 3.8) is 0 Å². The third-order valence-electron chi connectivity index (χ3n) is 3.89. The van der Waals surface area contributed by atoms with Gasteiger partial charge in [-0.25, -0.2) is 4.98 Å². The van der Waals surface area contributed by atoms with Gasteiger partial charge >= 0.3 is 0 Å². The fraction of sp³-hybridized carbons (Fsp3) is 0.375. The van der Waals surface area contributed by atoms with E-state index in [1.54, 1.807) is 30.4 Å². The zero-order valence-electron chi connectivity index (χ0n) is 12.1. The lowest BCUT2D eigenvalue weighted by Crippen LogP contribution is -2.33. The summed E-state index contributed by atoms with van der Waals surface area (Å²) in [5.41, 5.74) is 2.48. The molecule has 110 valence electrons. The van der Waals surface area contributed by atoms with Crippen molar-refractivity contribution in [2.45, 2.75) is 31.8 Å². The number of nitrogens with zero attached hydrogens (tertiary/aromatic N) is 2. The third kappa shape index (κ3) is 3.07. The molecule has 1 aliphatic rings. The predicted molar refractivity (Wildman–Crippen MR) is 79.0 cm³/mol. The topological polar surface area (TPSA) is 56.1 Å². The zero-order valence-corrected chi connectivity index (χ0v) is 12.1. The second-order valence-electron chi connectivity index (χ2n) is 5.31. The summed E-state index contributed by atoms with van der Waals surface area (Å²) in [5.74, 6) is 0.890. The molecule has 1 heterocycles. The minimum absolute atomic E-state index is 0.0154. The Labute approximate surface area is 124 Å². The lowest BCUT2D eigenvalue weighted by atomic mass is 9.87. The molecule has 2 aromatic rings. The molecule has 3 rings (SSSR count). The second-order valence-corrected chi connectivity index (χ2v) is 5.31. The lowest BCUT2D eigenvalue weighted by Gasteiger charge is -2.26. The molecule has 21 heavy (non-hydrogen) atoms. The van der Waals surface area contributed by atoms with Gasteiger partial charge in [0.15, 0.2) is 0 Å². The number of amides is 1. The zero-order chi connectivity index (χ0) is 14.7. The van der Waals surface area contributed by atoms with Crippen LogP contribution in [-0.4, -0.2) is 22.6 Å². The number of benzene rings is 1. The molecule has 1 aromatic heterocycles. The molecule has 1 N–H and O–H groups in total. The Morgan fingerprint density at radius 1 is 1.52 bits per heavy atom. The molecule has 0 fully saturated rings. The van der Waals surface area contributed by atoms with Crippen LogP contribution >= 0.6 is 0 Å². The van der Waals surface area contributed by atoms with Crippen LogP contribution in [0.2, 0.25) is 0 Å². The van der Waals surface area contributed by atoms with Crippen LogP contribution < -0.4 is 10.1 Å². The average molecular weight is 285 g/mol. The Morgan fingerprint density at radius 3 is 3.19 bits per heavy atom. The van der Waals surface area contributed by atoms with Gasteiger partial charge < -0.3 is 14.6 Å². The first-order valence-corrected chi connectivity index (χ1v) is 7.18. The maximum absolute atomic E-state index is 12.1. The Morgan fingerprint density at radius 2 is 2.43 bits per heavy atom. The molecule has 0 aliphatic heterocycles. The van der Waals surface area contributed by atoms with Crippen LogP contribution in [0.3, 0.4) is 0 Å². The van der Waals surface area contributed by atoms with Crippen molar-refractivity contribution in [2.75, 3.05) is 7.11 Å². The van der Waals surface area contributed by atoms with Crippen LogP contribution in [0.5, 0.6) is 5.75 Å². The van der Waals surface area contributed by atoms with Gasteiger partial charge in [-0.1, -0.05) is 6.07 Å². The number of hydrogen-bond donors (Lipinski definition) is 1. The van der Waals surface area contributed by atoms with Gasteiger partial charge in [-0.3, -0.25) is 4.79 Å². The molecule has 1 amide bonds. The lowest BCUT2D eigenvalue weighted by molar-refractivity contribution is -0.122. The van der Waals surface area contributed by atoms with Crippen LogP contribution in [0, 0.1) is 0 Å². The van der Waals surface area contributed by atoms with E-state index < -0.39 is 0 Å². The molecule has 0 saturated carbocycles. The first-order chi connectivity index (χ1) is 10.3. The van der Waals surface area contributed by atoms with Crippen molar-refractivity contribution >= 4 is 5.91 Å². The second kappa shape index (κ2) is 5.99. The maximum Gasteiger partial charge on any atom is 0.240 e. The van der Waals surface area contributed by atoms with E-state index in [1.165, 1.54) is 11.1 Å². The smallest absolute Gasteiger partial charge is 0.240 e. The largest absolute Gasteiger partial charge is 0.497 e. The highest BCUT2D eigenvalue weighted by atomic mass is 16.5. The summed E-state index contributed by atoms with van der Waals surface area (Å²) in [4.78, 5) is 16.1. The fourth-order valence-electron chi connectivity index (χ4n) is 2.85. The number of nitrogens with one attached hydrogen (secondary N) is 1. The average Bonchev–Trinajstić information content (AvgIpc) is 2.99. The normalized spacial score (nSPS) is 17.1. The molecular weight excluding hydrogens is 266 g/mol. The Hall–Kier alpha value is -2.30. The maximum atomic E-state index is 12.1. The number of carbonyl (C=O) groups excluding carboxylic acids is 1. The summed E-state index contributed by atoms with van der Waals surface area (Å²) >= 11 is 0. The molecule has 1 aliphatic carbocycles. The molecule has 0 saturated heterocycles. The monoisotopic (exact) mass is 285 g/mol. The van der Waals surface area contributed by atoms with Crippen molar-refractivity contribution in [2.24, 2.45) is 0 Å². The molecule has 5 nitrogen and oxygen atoms in total. The van der Waals surface area contributed by atoms with Crippen LogP contribution in [-0.2, 0) is 17.8 Å². The Kier molecular flexibility index (Phi) is 3.90. The minimum atomic E-state index is 0.0154. The number of hydrogen-bond acceptors (Lipinski definition) is 3. The van der Waals surface area contributed by atoms with Crippen molar-refractivity contribution in [3.8, 4) is 5.75 Å². The molecule has 1 unspecified atom stereocenters. The molecule has 0 radical (unpaired) electrons. The van der Waals surface area contributed by atoms with Gasteiger partial charge in [0, 0.05) is 12.4 Å². The SMILES string of the molecule is COc1ccc2c(c1)CCCC2NC(=O)Cn1ccnc1. The van der Waals surface area contributed by atoms with Gasteiger partial charge in [-0.05, 0) is 42.5 Å². The first kappa shape index (κ1) is 13.7. The Bertz CT molecular complexity index is 622. The standard InChI is InChI=1S/C16H19N3O2/c1-21-13-5-6-14-12(9-13)3-2-4-15(14)18-16(20)10-19-8-7-17-11-19/h5-9,11,15H,2-4,10H2,1H3,(H,18,20). The van der Waals surface area contributed by atoms with Gasteiger partial charge in [-0.15, -0.1) is 0 Å². The predicted octanol–water partition coefficient (Wildman–Crippen LogP) is 2.09. The fourth-order valence-corrected chi connectivity index (χ4v) is 2.85. The van der Waals surface area contributed by atoms with Gasteiger partial charge in [0.2, 0.25) is 5.91 Å². The molecule has 0 spiro atoms. The van der Waals surface area contributed by atoms with Crippen molar-refractivity contribution in [1.29, 1.82) is 0 Å². The van der Waals surface area contributed by atoms with Gasteiger partial charge in [0.1, 0.15) is 12.3 Å². The Balaban J connectivity index is 1.71. The van der Waals surface area contributed by atoms with E-state index in [0.29, 0.717) is 6.54 Å². The highest BCUT2D eigenvalue weighted by Crippen LogP contribution is 2.32. The van der Waals surface area contributed by atoms with Gasteiger partial charge in [0.25, 0.3) is 0 Å². The van der Waals surface area contributed by atoms with Gasteiger partial charge in [0.05, 0.1) is 19.5 Å². The highest BCUT2D eigenvalue weighted by molar-refractivity contribution is 5.76. The van der Waals surface area contributed by atoms with Gasteiger partial charge in [-0.2, -0.15) is 0 Å². The van der Waals surface area contributed by atoms with E-state index in [9.17, 15) is 4.79 Å².